The summed E-state index contributed by atoms with van der Waals surface area (Å²) in [5, 5.41) is 0. The van der Waals surface area contributed by atoms with Crippen molar-refractivity contribution in [1.29, 1.82) is 0 Å². The van der Waals surface area contributed by atoms with Crippen LogP contribution in [0.15, 0.2) is 12.1 Å². The summed E-state index contributed by atoms with van der Waals surface area (Å²) in [6.45, 7) is 2.58. The average Bonchev–Trinajstić information content (AvgIpc) is 2.94. The molecule has 0 saturated heterocycles. The van der Waals surface area contributed by atoms with E-state index in [0.29, 0.717) is 18.0 Å². The lowest BCUT2D eigenvalue weighted by atomic mass is 10.0. The number of aryl methyl sites for hydroxylation is 1. The number of carbonyl (C=O) groups is 1. The third-order valence-electron chi connectivity index (χ3n) is 4.45. The van der Waals surface area contributed by atoms with Gasteiger partial charge in [0, 0.05) is 25.6 Å². The van der Waals surface area contributed by atoms with E-state index >= 15 is 0 Å². The molecule has 1 fully saturated rings. The number of hydrogen-bond donors (Lipinski definition) is 1. The Balaban J connectivity index is 2.11. The molecule has 1 aliphatic rings. The van der Waals surface area contributed by atoms with Crippen molar-refractivity contribution in [3.05, 3.63) is 23.3 Å². The Bertz CT molecular complexity index is 545. The van der Waals surface area contributed by atoms with E-state index in [9.17, 15) is 4.79 Å². The van der Waals surface area contributed by atoms with Crippen LogP contribution < -0.4 is 15.2 Å². The highest BCUT2D eigenvalue weighted by atomic mass is 16.5. The monoisotopic (exact) mass is 306 g/mol. The van der Waals surface area contributed by atoms with E-state index in [1.54, 1.807) is 19.1 Å². The summed E-state index contributed by atoms with van der Waals surface area (Å²) in [7, 11) is 5.09. The van der Waals surface area contributed by atoms with Gasteiger partial charge in [0.2, 0.25) is 5.91 Å². The van der Waals surface area contributed by atoms with E-state index in [1.165, 1.54) is 0 Å². The molecule has 1 saturated carbocycles. The molecule has 0 unspecified atom stereocenters. The molecule has 122 valence electrons. The van der Waals surface area contributed by atoms with Crippen LogP contribution in [0.5, 0.6) is 11.5 Å². The number of rotatable bonds is 5. The molecule has 0 radical (unpaired) electrons. The predicted molar refractivity (Wildman–Crippen MR) is 86.1 cm³/mol. The molecule has 2 N–H and O–H groups in total. The molecule has 1 aliphatic carbocycles. The molecule has 5 heteroatoms. The van der Waals surface area contributed by atoms with E-state index in [1.807, 2.05) is 26.1 Å². The van der Waals surface area contributed by atoms with E-state index in [0.717, 1.165) is 30.4 Å². The van der Waals surface area contributed by atoms with Gasteiger partial charge in [0.1, 0.15) is 0 Å². The first-order chi connectivity index (χ1) is 10.5. The number of benzene rings is 1. The zero-order valence-electron chi connectivity index (χ0n) is 13.9. The fourth-order valence-electron chi connectivity index (χ4n) is 3.08. The first-order valence-corrected chi connectivity index (χ1v) is 7.68. The predicted octanol–water partition coefficient (Wildman–Crippen LogP) is 2.10. The van der Waals surface area contributed by atoms with E-state index in [-0.39, 0.29) is 17.9 Å². The van der Waals surface area contributed by atoms with Crippen molar-refractivity contribution >= 4 is 5.91 Å². The fourth-order valence-corrected chi connectivity index (χ4v) is 3.08. The molecule has 2 rings (SSSR count). The Morgan fingerprint density at radius 2 is 1.91 bits per heavy atom. The standard InChI is InChI=1S/C17H26N2O3/c1-11-7-15(21-3)16(22-4)9-13(11)10-19(2)17(20)12-5-6-14(18)8-12/h7,9,12,14H,5-6,8,10,18H2,1-4H3/t12-,14-/m1/s1. The summed E-state index contributed by atoms with van der Waals surface area (Å²) in [4.78, 5) is 14.3. The van der Waals surface area contributed by atoms with Crippen LogP contribution in [-0.2, 0) is 11.3 Å². The van der Waals surface area contributed by atoms with Crippen LogP contribution in [0.25, 0.3) is 0 Å². The van der Waals surface area contributed by atoms with Gasteiger partial charge in [-0.3, -0.25) is 4.79 Å². The van der Waals surface area contributed by atoms with Crippen molar-refractivity contribution in [1.82, 2.24) is 4.90 Å². The van der Waals surface area contributed by atoms with E-state index < -0.39 is 0 Å². The quantitative estimate of drug-likeness (QED) is 0.905. The SMILES string of the molecule is COc1cc(C)c(CN(C)C(=O)[C@@H]2CC[C@@H](N)C2)cc1OC. The van der Waals surface area contributed by atoms with Crippen LogP contribution in [-0.4, -0.2) is 38.1 Å². The number of amides is 1. The molecule has 0 heterocycles. The Labute approximate surface area is 132 Å². The first-order valence-electron chi connectivity index (χ1n) is 7.68. The van der Waals surface area contributed by atoms with Gasteiger partial charge in [-0.25, -0.2) is 0 Å². The molecule has 1 aromatic rings. The smallest absolute Gasteiger partial charge is 0.225 e. The van der Waals surface area contributed by atoms with E-state index in [2.05, 4.69) is 0 Å². The maximum atomic E-state index is 12.5. The lowest BCUT2D eigenvalue weighted by Gasteiger charge is -2.23. The lowest BCUT2D eigenvalue weighted by Crippen LogP contribution is -2.32. The van der Waals surface area contributed by atoms with Crippen LogP contribution in [0.3, 0.4) is 0 Å². The molecule has 5 nitrogen and oxygen atoms in total. The highest BCUT2D eigenvalue weighted by Gasteiger charge is 2.29. The van der Waals surface area contributed by atoms with Gasteiger partial charge in [-0.15, -0.1) is 0 Å². The van der Waals surface area contributed by atoms with Crippen LogP contribution in [0.1, 0.15) is 30.4 Å². The average molecular weight is 306 g/mol. The summed E-state index contributed by atoms with van der Waals surface area (Å²) in [6.07, 6.45) is 2.64. The van der Waals surface area contributed by atoms with Gasteiger partial charge in [0.05, 0.1) is 14.2 Å². The van der Waals surface area contributed by atoms with Crippen LogP contribution in [0, 0.1) is 12.8 Å². The van der Waals surface area contributed by atoms with Gasteiger partial charge in [0.15, 0.2) is 11.5 Å². The van der Waals surface area contributed by atoms with Gasteiger partial charge < -0.3 is 20.1 Å². The van der Waals surface area contributed by atoms with Crippen molar-refractivity contribution < 1.29 is 14.3 Å². The fraction of sp³-hybridized carbons (Fsp3) is 0.588. The maximum absolute atomic E-state index is 12.5. The number of carbonyl (C=O) groups excluding carboxylic acids is 1. The topological polar surface area (TPSA) is 64.8 Å². The molecule has 22 heavy (non-hydrogen) atoms. The van der Waals surface area contributed by atoms with Gasteiger partial charge in [-0.05, 0) is 49.4 Å². The Hall–Kier alpha value is -1.75. The zero-order chi connectivity index (χ0) is 16.3. The Morgan fingerprint density at radius 3 is 2.45 bits per heavy atom. The summed E-state index contributed by atoms with van der Waals surface area (Å²) >= 11 is 0. The van der Waals surface area contributed by atoms with Crippen LogP contribution in [0.2, 0.25) is 0 Å². The maximum Gasteiger partial charge on any atom is 0.225 e. The molecule has 1 aromatic carbocycles. The summed E-state index contributed by atoms with van der Waals surface area (Å²) < 4.78 is 10.6. The van der Waals surface area contributed by atoms with Gasteiger partial charge in [-0.1, -0.05) is 0 Å². The summed E-state index contributed by atoms with van der Waals surface area (Å²) in [5.74, 6) is 1.65. The van der Waals surface area contributed by atoms with Crippen molar-refractivity contribution in [2.24, 2.45) is 11.7 Å². The number of nitrogens with two attached hydrogens (primary N) is 1. The van der Waals surface area contributed by atoms with Crippen molar-refractivity contribution in [3.8, 4) is 11.5 Å². The number of methoxy groups -OCH3 is 2. The number of nitrogens with zero attached hydrogens (tertiary/aromatic N) is 1. The van der Waals surface area contributed by atoms with Gasteiger partial charge in [-0.2, -0.15) is 0 Å². The summed E-state index contributed by atoms with van der Waals surface area (Å²) in [6, 6.07) is 4.06. The Kier molecular flexibility index (Phi) is 5.29. The second-order valence-electron chi connectivity index (χ2n) is 6.10. The minimum Gasteiger partial charge on any atom is -0.493 e. The third-order valence-corrected chi connectivity index (χ3v) is 4.45. The zero-order valence-corrected chi connectivity index (χ0v) is 13.9. The van der Waals surface area contributed by atoms with Gasteiger partial charge in [0.25, 0.3) is 0 Å². The van der Waals surface area contributed by atoms with Crippen LogP contribution in [0.4, 0.5) is 0 Å². The minimum absolute atomic E-state index is 0.0699. The first kappa shape index (κ1) is 16.6. The molecule has 0 bridgehead atoms. The van der Waals surface area contributed by atoms with Crippen molar-refractivity contribution in [2.45, 2.75) is 38.8 Å². The molecule has 0 aromatic heterocycles. The molecular formula is C17H26N2O3. The number of hydrogen-bond acceptors (Lipinski definition) is 4. The highest BCUT2D eigenvalue weighted by Crippen LogP contribution is 2.31. The minimum atomic E-state index is 0.0699. The lowest BCUT2D eigenvalue weighted by molar-refractivity contribution is -0.134. The largest absolute Gasteiger partial charge is 0.493 e. The van der Waals surface area contributed by atoms with Crippen LogP contribution >= 0.6 is 0 Å². The molecule has 2 atom stereocenters. The second kappa shape index (κ2) is 7.01. The van der Waals surface area contributed by atoms with Crippen molar-refractivity contribution in [3.63, 3.8) is 0 Å². The van der Waals surface area contributed by atoms with Crippen molar-refractivity contribution in [2.75, 3.05) is 21.3 Å². The number of ether oxygens (including phenoxy) is 2. The Morgan fingerprint density at radius 1 is 1.27 bits per heavy atom. The second-order valence-corrected chi connectivity index (χ2v) is 6.10. The highest BCUT2D eigenvalue weighted by molar-refractivity contribution is 5.79. The molecular weight excluding hydrogens is 280 g/mol. The normalized spacial score (nSPS) is 20.8. The molecule has 0 aliphatic heterocycles. The van der Waals surface area contributed by atoms with Gasteiger partial charge >= 0.3 is 0 Å². The molecule has 0 spiro atoms. The van der Waals surface area contributed by atoms with E-state index in [4.69, 9.17) is 15.2 Å². The summed E-state index contributed by atoms with van der Waals surface area (Å²) in [5.41, 5.74) is 8.06. The molecule has 1 amide bonds. The third kappa shape index (κ3) is 3.53.